The fourth-order valence-corrected chi connectivity index (χ4v) is 7.89. The van der Waals surface area contributed by atoms with Gasteiger partial charge in [-0.3, -0.25) is 0 Å². The van der Waals surface area contributed by atoms with Gasteiger partial charge in [-0.05, 0) is 80.0 Å². The second-order valence-electron chi connectivity index (χ2n) is 14.1. The number of nitrogens with zero attached hydrogens (tertiary/aromatic N) is 3. The minimum Gasteiger partial charge on any atom is -0.208 e. The van der Waals surface area contributed by atoms with E-state index in [9.17, 15) is 0 Å². The monoisotopic (exact) mass is 655 g/mol. The van der Waals surface area contributed by atoms with Crippen molar-refractivity contribution >= 4 is 11.1 Å². The molecule has 0 N–H and O–H groups in total. The van der Waals surface area contributed by atoms with Crippen molar-refractivity contribution < 1.29 is 0 Å². The van der Waals surface area contributed by atoms with Crippen molar-refractivity contribution in [1.82, 2.24) is 15.0 Å². The number of fused-ring (bicyclic) bond motifs is 3. The quantitative estimate of drug-likeness (QED) is 0.179. The number of benzene rings is 6. The van der Waals surface area contributed by atoms with Crippen LogP contribution in [0.25, 0.3) is 67.6 Å². The molecule has 0 spiro atoms. The lowest BCUT2D eigenvalue weighted by atomic mass is 9.73. The molecule has 0 saturated carbocycles. The molecule has 3 nitrogen and oxygen atoms in total. The lowest BCUT2D eigenvalue weighted by Crippen LogP contribution is -2.24. The Morgan fingerprint density at radius 1 is 0.451 bits per heavy atom. The van der Waals surface area contributed by atoms with Gasteiger partial charge >= 0.3 is 0 Å². The lowest BCUT2D eigenvalue weighted by Gasteiger charge is -2.31. The summed E-state index contributed by atoms with van der Waals surface area (Å²) in [6, 6.07) is 55.6. The molecular formula is C48H37N3. The summed E-state index contributed by atoms with van der Waals surface area (Å²) in [4.78, 5) is 15.2. The Morgan fingerprint density at radius 2 is 0.922 bits per heavy atom. The van der Waals surface area contributed by atoms with E-state index >= 15 is 0 Å². The molecule has 244 valence electrons. The van der Waals surface area contributed by atoms with E-state index in [1.54, 1.807) is 0 Å². The highest BCUT2D eigenvalue weighted by atomic mass is 15.0. The van der Waals surface area contributed by atoms with Gasteiger partial charge in [-0.25, -0.2) is 15.0 Å². The van der Waals surface area contributed by atoms with Gasteiger partial charge in [0.15, 0.2) is 17.5 Å². The number of rotatable bonds is 6. The van der Waals surface area contributed by atoms with Crippen LogP contribution in [0.4, 0.5) is 0 Å². The van der Waals surface area contributed by atoms with E-state index in [4.69, 9.17) is 15.0 Å². The molecule has 0 saturated heterocycles. The van der Waals surface area contributed by atoms with Crippen LogP contribution in [0.15, 0.2) is 170 Å². The summed E-state index contributed by atoms with van der Waals surface area (Å²) < 4.78 is 0. The van der Waals surface area contributed by atoms with Gasteiger partial charge in [0.25, 0.3) is 0 Å². The van der Waals surface area contributed by atoms with Crippen molar-refractivity contribution in [1.29, 1.82) is 0 Å². The molecule has 1 atom stereocenters. The van der Waals surface area contributed by atoms with E-state index in [-0.39, 0.29) is 5.41 Å². The summed E-state index contributed by atoms with van der Waals surface area (Å²) in [6.07, 6.45) is 5.71. The van der Waals surface area contributed by atoms with E-state index < -0.39 is 0 Å². The lowest BCUT2D eigenvalue weighted by molar-refractivity contribution is 0.415. The molecule has 2 aliphatic carbocycles. The molecule has 0 aliphatic heterocycles. The summed E-state index contributed by atoms with van der Waals surface area (Å²) in [7, 11) is 0. The highest BCUT2D eigenvalue weighted by Gasteiger charge is 2.44. The normalized spacial score (nSPS) is 15.8. The Hall–Kier alpha value is -6.19. The fourth-order valence-electron chi connectivity index (χ4n) is 7.89. The molecule has 0 radical (unpaired) electrons. The van der Waals surface area contributed by atoms with Gasteiger partial charge in [0.2, 0.25) is 0 Å². The molecule has 3 heteroatoms. The first-order valence-corrected chi connectivity index (χ1v) is 17.7. The van der Waals surface area contributed by atoms with E-state index in [1.807, 2.05) is 24.3 Å². The van der Waals surface area contributed by atoms with E-state index in [1.165, 1.54) is 44.5 Å². The molecular weight excluding hydrogens is 619 g/mol. The predicted molar refractivity (Wildman–Crippen MR) is 211 cm³/mol. The topological polar surface area (TPSA) is 38.7 Å². The zero-order valence-corrected chi connectivity index (χ0v) is 28.8. The van der Waals surface area contributed by atoms with Crippen LogP contribution in [0.1, 0.15) is 37.0 Å². The van der Waals surface area contributed by atoms with Crippen molar-refractivity contribution in [3.63, 3.8) is 0 Å². The van der Waals surface area contributed by atoms with Gasteiger partial charge in [0.05, 0.1) is 0 Å². The number of allylic oxidation sites excluding steroid dienone is 4. The molecule has 1 aromatic heterocycles. The van der Waals surface area contributed by atoms with Crippen LogP contribution in [0, 0.1) is 5.92 Å². The molecule has 1 unspecified atom stereocenters. The van der Waals surface area contributed by atoms with E-state index in [0.29, 0.717) is 23.4 Å². The van der Waals surface area contributed by atoms with Crippen LogP contribution < -0.4 is 0 Å². The molecule has 1 heterocycles. The average Bonchev–Trinajstić information content (AvgIpc) is 3.44. The Balaban J connectivity index is 1.15. The molecule has 7 aromatic rings. The van der Waals surface area contributed by atoms with Crippen LogP contribution in [-0.4, -0.2) is 15.0 Å². The molecule has 0 amide bonds. The summed E-state index contributed by atoms with van der Waals surface area (Å²) in [5.74, 6) is 2.39. The van der Waals surface area contributed by atoms with Gasteiger partial charge in [-0.15, -0.1) is 0 Å². The Bertz CT molecular complexity index is 2440. The van der Waals surface area contributed by atoms with E-state index in [2.05, 4.69) is 159 Å². The average molecular weight is 656 g/mol. The molecule has 9 rings (SSSR count). The maximum atomic E-state index is 5.12. The summed E-state index contributed by atoms with van der Waals surface area (Å²) in [6.45, 7) is 4.79. The van der Waals surface area contributed by atoms with Crippen molar-refractivity contribution in [3.05, 3.63) is 187 Å². The highest BCUT2D eigenvalue weighted by Crippen LogP contribution is 2.56. The highest BCUT2D eigenvalue weighted by molar-refractivity contribution is 6.01. The van der Waals surface area contributed by atoms with Crippen LogP contribution in [0.5, 0.6) is 0 Å². The maximum absolute atomic E-state index is 5.12. The predicted octanol–water partition coefficient (Wildman–Crippen LogP) is 12.0. The number of hydrogen-bond acceptors (Lipinski definition) is 3. The van der Waals surface area contributed by atoms with Gasteiger partial charge in [-0.1, -0.05) is 172 Å². The van der Waals surface area contributed by atoms with Crippen LogP contribution in [-0.2, 0) is 5.41 Å². The first kappa shape index (κ1) is 30.8. The SMILES string of the molecule is CC1(C)c2cc(-c3nc(-c4ccccc4)nc(-c4ccc(-c5ccccc5)cc4)n3)ccc2C2=C(c3cccc(-c4ccccc4)c3)C=CCC21. The first-order valence-electron chi connectivity index (χ1n) is 17.7. The second-order valence-corrected chi connectivity index (χ2v) is 14.1. The molecule has 0 bridgehead atoms. The van der Waals surface area contributed by atoms with E-state index in [0.717, 1.165) is 28.7 Å². The molecule has 0 fully saturated rings. The summed E-state index contributed by atoms with van der Waals surface area (Å²) in [5.41, 5.74) is 14.4. The third-order valence-electron chi connectivity index (χ3n) is 10.6. The third-order valence-corrected chi connectivity index (χ3v) is 10.6. The van der Waals surface area contributed by atoms with Crippen molar-refractivity contribution in [2.24, 2.45) is 5.92 Å². The smallest absolute Gasteiger partial charge is 0.164 e. The minimum absolute atomic E-state index is 0.0703. The third kappa shape index (κ3) is 5.61. The van der Waals surface area contributed by atoms with Gasteiger partial charge < -0.3 is 0 Å². The van der Waals surface area contributed by atoms with Crippen LogP contribution in [0.3, 0.4) is 0 Å². The zero-order valence-electron chi connectivity index (χ0n) is 28.8. The van der Waals surface area contributed by atoms with Crippen molar-refractivity contribution in [2.45, 2.75) is 25.7 Å². The Morgan fingerprint density at radius 3 is 1.57 bits per heavy atom. The second kappa shape index (κ2) is 12.6. The van der Waals surface area contributed by atoms with Crippen molar-refractivity contribution in [3.8, 4) is 56.4 Å². The van der Waals surface area contributed by atoms with Gasteiger partial charge in [0, 0.05) is 16.7 Å². The van der Waals surface area contributed by atoms with Crippen LogP contribution in [0.2, 0.25) is 0 Å². The Labute approximate surface area is 299 Å². The standard InChI is InChI=1S/C48H37N3/c1-48(2)42-23-13-22-40(38-21-12-20-37(30-38)33-16-8-4-9-17-33)44(42)41-29-28-39(31-43(41)48)47-50-45(35-18-10-5-11-19-35)49-46(51-47)36-26-24-34(25-27-36)32-14-6-3-7-15-32/h3-22,24-31,42H,23H2,1-2H3. The summed E-state index contributed by atoms with van der Waals surface area (Å²) >= 11 is 0. The fraction of sp³-hybridized carbons (Fsp3) is 0.104. The molecule has 2 aliphatic rings. The van der Waals surface area contributed by atoms with Gasteiger partial charge in [0.1, 0.15) is 0 Å². The minimum atomic E-state index is -0.0703. The van der Waals surface area contributed by atoms with Crippen LogP contribution >= 0.6 is 0 Å². The number of hydrogen-bond donors (Lipinski definition) is 0. The van der Waals surface area contributed by atoms with Crippen molar-refractivity contribution in [2.75, 3.05) is 0 Å². The largest absolute Gasteiger partial charge is 0.208 e. The Kier molecular flexibility index (Phi) is 7.62. The van der Waals surface area contributed by atoms with Gasteiger partial charge in [-0.2, -0.15) is 0 Å². The summed E-state index contributed by atoms with van der Waals surface area (Å²) in [5, 5.41) is 0. The first-order chi connectivity index (χ1) is 25.0. The molecule has 6 aromatic carbocycles. The molecule has 51 heavy (non-hydrogen) atoms. The zero-order chi connectivity index (χ0) is 34.4. The number of aromatic nitrogens is 3. The maximum Gasteiger partial charge on any atom is 0.164 e.